The Bertz CT molecular complexity index is 979. The van der Waals surface area contributed by atoms with Crippen LogP contribution in [0, 0.1) is 5.92 Å². The van der Waals surface area contributed by atoms with E-state index in [2.05, 4.69) is 10.3 Å². The van der Waals surface area contributed by atoms with Crippen molar-refractivity contribution in [2.45, 2.75) is 18.5 Å². The Kier molecular flexibility index (Phi) is 3.90. The molecule has 1 heterocycles. The number of alkyl halides is 3. The van der Waals surface area contributed by atoms with Crippen LogP contribution in [0.3, 0.4) is 0 Å². The van der Waals surface area contributed by atoms with Crippen LogP contribution in [0.2, 0.25) is 0 Å². The summed E-state index contributed by atoms with van der Waals surface area (Å²) in [5, 5.41) is 3.65. The smallest absolute Gasteiger partial charge is 0.325 e. The van der Waals surface area contributed by atoms with E-state index in [9.17, 15) is 18.0 Å². The molecule has 3 aromatic rings. The first-order chi connectivity index (χ1) is 12.4. The summed E-state index contributed by atoms with van der Waals surface area (Å²) >= 11 is 0. The third kappa shape index (κ3) is 3.03. The molecule has 0 bridgehead atoms. The number of fused-ring (bicyclic) bond motifs is 1. The highest BCUT2D eigenvalue weighted by molar-refractivity contribution is 6.03. The molecule has 1 aromatic heterocycles. The van der Waals surface area contributed by atoms with Gasteiger partial charge in [-0.05, 0) is 48.2 Å². The molecule has 2 atom stereocenters. The minimum absolute atomic E-state index is 0.194. The second-order valence-corrected chi connectivity index (χ2v) is 6.40. The monoisotopic (exact) mass is 356 g/mol. The van der Waals surface area contributed by atoms with E-state index in [4.69, 9.17) is 0 Å². The van der Waals surface area contributed by atoms with Crippen molar-refractivity contribution in [1.82, 2.24) is 4.98 Å². The molecule has 1 aliphatic carbocycles. The number of nitrogens with one attached hydrogen (secondary N) is 1. The minimum Gasteiger partial charge on any atom is -0.325 e. The maximum Gasteiger partial charge on any atom is 0.416 e. The summed E-state index contributed by atoms with van der Waals surface area (Å²) in [7, 11) is 0. The summed E-state index contributed by atoms with van der Waals surface area (Å²) in [6.45, 7) is 0. The number of rotatable bonds is 3. The normalized spacial score (nSPS) is 19.3. The van der Waals surface area contributed by atoms with Crippen LogP contribution >= 0.6 is 0 Å². The fourth-order valence-corrected chi connectivity index (χ4v) is 3.34. The predicted molar refractivity (Wildman–Crippen MR) is 92.7 cm³/mol. The van der Waals surface area contributed by atoms with Gasteiger partial charge in [-0.1, -0.05) is 24.3 Å². The molecule has 0 spiro atoms. The number of hydrogen-bond donors (Lipinski definition) is 1. The van der Waals surface area contributed by atoms with Gasteiger partial charge in [0.15, 0.2) is 0 Å². The lowest BCUT2D eigenvalue weighted by molar-refractivity contribution is -0.138. The molecule has 6 heteroatoms. The average Bonchev–Trinajstić information content (AvgIpc) is 3.42. The molecule has 132 valence electrons. The predicted octanol–water partition coefficient (Wildman–Crippen LogP) is 5.00. The van der Waals surface area contributed by atoms with Crippen LogP contribution in [0.5, 0.6) is 0 Å². The third-order valence-electron chi connectivity index (χ3n) is 4.70. The molecule has 3 nitrogen and oxygen atoms in total. The summed E-state index contributed by atoms with van der Waals surface area (Å²) in [6.07, 6.45) is -2.33. The second-order valence-electron chi connectivity index (χ2n) is 6.40. The first-order valence-electron chi connectivity index (χ1n) is 8.26. The van der Waals surface area contributed by atoms with Gasteiger partial charge < -0.3 is 5.32 Å². The van der Waals surface area contributed by atoms with E-state index in [1.165, 1.54) is 12.1 Å². The van der Waals surface area contributed by atoms with Crippen molar-refractivity contribution in [3.63, 3.8) is 0 Å². The van der Waals surface area contributed by atoms with Gasteiger partial charge in [0, 0.05) is 17.5 Å². The topological polar surface area (TPSA) is 42.0 Å². The molecule has 26 heavy (non-hydrogen) atoms. The molecule has 0 aliphatic heterocycles. The van der Waals surface area contributed by atoms with E-state index >= 15 is 0 Å². The van der Waals surface area contributed by atoms with Gasteiger partial charge in [-0.15, -0.1) is 0 Å². The van der Waals surface area contributed by atoms with Crippen molar-refractivity contribution >= 4 is 22.5 Å². The molecule has 1 saturated carbocycles. The van der Waals surface area contributed by atoms with Crippen LogP contribution in [0.4, 0.5) is 18.9 Å². The number of aromatic nitrogens is 1. The number of carbonyl (C=O) groups excluding carboxylic acids is 1. The van der Waals surface area contributed by atoms with Crippen LogP contribution < -0.4 is 5.32 Å². The standard InChI is InChI=1S/C20H15F3N2O/c21-20(22,23)16-7-2-1-5-12(16)14-11-15(14)19(26)25-18-9-3-8-17-13(18)6-4-10-24-17/h1-10,14-15H,11H2,(H,25,26). The number of pyridine rings is 1. The van der Waals surface area contributed by atoms with Gasteiger partial charge in [0.2, 0.25) is 5.91 Å². The van der Waals surface area contributed by atoms with Gasteiger partial charge in [-0.3, -0.25) is 9.78 Å². The SMILES string of the molecule is O=C(Nc1cccc2ncccc12)C1CC1c1ccccc1C(F)(F)F. The minimum atomic E-state index is -4.42. The number of nitrogens with zero attached hydrogens (tertiary/aromatic N) is 1. The van der Waals surface area contributed by atoms with Crippen molar-refractivity contribution in [2.24, 2.45) is 5.92 Å². The highest BCUT2D eigenvalue weighted by atomic mass is 19.4. The van der Waals surface area contributed by atoms with E-state index in [1.807, 2.05) is 12.1 Å². The van der Waals surface area contributed by atoms with Gasteiger partial charge in [-0.2, -0.15) is 13.2 Å². The van der Waals surface area contributed by atoms with Crippen molar-refractivity contribution in [1.29, 1.82) is 0 Å². The zero-order valence-electron chi connectivity index (χ0n) is 13.6. The Morgan fingerprint density at radius 2 is 1.85 bits per heavy atom. The molecule has 1 fully saturated rings. The van der Waals surface area contributed by atoms with E-state index in [-0.39, 0.29) is 11.5 Å². The molecule has 2 unspecified atom stereocenters. The zero-order chi connectivity index (χ0) is 18.3. The van der Waals surface area contributed by atoms with Crippen LogP contribution in [0.25, 0.3) is 10.9 Å². The first kappa shape index (κ1) is 16.6. The molecule has 1 aliphatic rings. The molecule has 1 amide bonds. The van der Waals surface area contributed by atoms with Crippen molar-refractivity contribution in [3.8, 4) is 0 Å². The summed E-state index contributed by atoms with van der Waals surface area (Å²) in [5.74, 6) is -1.12. The van der Waals surface area contributed by atoms with Crippen LogP contribution in [0.1, 0.15) is 23.5 Å². The van der Waals surface area contributed by atoms with E-state index < -0.39 is 23.6 Å². The maximum absolute atomic E-state index is 13.2. The van der Waals surface area contributed by atoms with Crippen molar-refractivity contribution in [2.75, 3.05) is 5.32 Å². The Hall–Kier alpha value is -2.89. The van der Waals surface area contributed by atoms with Crippen molar-refractivity contribution < 1.29 is 18.0 Å². The third-order valence-corrected chi connectivity index (χ3v) is 4.70. The number of benzene rings is 2. The van der Waals surface area contributed by atoms with E-state index in [0.29, 0.717) is 12.1 Å². The Balaban J connectivity index is 1.55. The number of amides is 1. The molecule has 1 N–H and O–H groups in total. The highest BCUT2D eigenvalue weighted by Crippen LogP contribution is 2.51. The largest absolute Gasteiger partial charge is 0.416 e. The molecule has 0 saturated heterocycles. The van der Waals surface area contributed by atoms with Crippen molar-refractivity contribution in [3.05, 3.63) is 71.9 Å². The van der Waals surface area contributed by atoms with Gasteiger partial charge in [0.25, 0.3) is 0 Å². The van der Waals surface area contributed by atoms with Crippen LogP contribution in [0.15, 0.2) is 60.8 Å². The fraction of sp³-hybridized carbons (Fsp3) is 0.200. The lowest BCUT2D eigenvalue weighted by Gasteiger charge is -2.12. The van der Waals surface area contributed by atoms with E-state index in [0.717, 1.165) is 17.0 Å². The number of hydrogen-bond acceptors (Lipinski definition) is 2. The summed E-state index contributed by atoms with van der Waals surface area (Å²) < 4.78 is 39.5. The number of halogens is 3. The highest BCUT2D eigenvalue weighted by Gasteiger charge is 2.47. The molecular weight excluding hydrogens is 341 g/mol. The first-order valence-corrected chi connectivity index (χ1v) is 8.26. The van der Waals surface area contributed by atoms with Crippen LogP contribution in [-0.2, 0) is 11.0 Å². The molecule has 0 radical (unpaired) electrons. The maximum atomic E-state index is 13.2. The number of anilines is 1. The molecule has 4 rings (SSSR count). The van der Waals surface area contributed by atoms with Gasteiger partial charge >= 0.3 is 6.18 Å². The fourth-order valence-electron chi connectivity index (χ4n) is 3.34. The zero-order valence-corrected chi connectivity index (χ0v) is 13.6. The Morgan fingerprint density at radius 1 is 1.04 bits per heavy atom. The van der Waals surface area contributed by atoms with Crippen LogP contribution in [-0.4, -0.2) is 10.9 Å². The number of carbonyl (C=O) groups is 1. The van der Waals surface area contributed by atoms with Gasteiger partial charge in [0.1, 0.15) is 0 Å². The second kappa shape index (κ2) is 6.12. The lowest BCUT2D eigenvalue weighted by atomic mass is 10.0. The van der Waals surface area contributed by atoms with E-state index in [1.54, 1.807) is 30.5 Å². The summed E-state index contributed by atoms with van der Waals surface area (Å²) in [6, 6.07) is 14.5. The average molecular weight is 356 g/mol. The van der Waals surface area contributed by atoms with Gasteiger partial charge in [0.05, 0.1) is 16.8 Å². The summed E-state index contributed by atoms with van der Waals surface area (Å²) in [5.41, 5.74) is 0.907. The molecular formula is C20H15F3N2O. The van der Waals surface area contributed by atoms with Gasteiger partial charge in [-0.25, -0.2) is 0 Å². The Labute approximate surface area is 147 Å². The summed E-state index contributed by atoms with van der Waals surface area (Å²) in [4.78, 5) is 16.8. The molecule has 2 aromatic carbocycles. The Morgan fingerprint density at radius 3 is 2.65 bits per heavy atom. The lowest BCUT2D eigenvalue weighted by Crippen LogP contribution is -2.16. The quantitative estimate of drug-likeness (QED) is 0.718.